The normalized spacial score (nSPS) is 9.40. The number of aromatic hydroxyl groups is 1. The van der Waals surface area contributed by atoms with Crippen molar-refractivity contribution in [1.82, 2.24) is 0 Å². The van der Waals surface area contributed by atoms with E-state index in [9.17, 15) is 0 Å². The average Bonchev–Trinajstić information content (AvgIpc) is 2.60. The molecule has 2 aromatic rings. The summed E-state index contributed by atoms with van der Waals surface area (Å²) in [5.74, 6) is 0.869. The molecule has 0 bridgehead atoms. The lowest BCUT2D eigenvalue weighted by atomic mass is 10.3. The van der Waals surface area contributed by atoms with Gasteiger partial charge in [0.1, 0.15) is 11.5 Å². The van der Waals surface area contributed by atoms with E-state index in [1.807, 2.05) is 0 Å². The van der Waals surface area contributed by atoms with Crippen molar-refractivity contribution in [2.75, 3.05) is 22.6 Å². The minimum absolute atomic E-state index is 0.129. The van der Waals surface area contributed by atoms with Crippen LogP contribution in [-0.4, -0.2) is 27.7 Å². The van der Waals surface area contributed by atoms with Crippen LogP contribution in [-0.2, 0) is 0 Å². The molecule has 0 atom stereocenters. The third kappa shape index (κ3) is 12.6. The molecule has 0 aromatic heterocycles. The molecule has 140 valence electrons. The maximum Gasteiger partial charge on any atom is 0.120 e. The van der Waals surface area contributed by atoms with Crippen LogP contribution in [0.3, 0.4) is 0 Å². The predicted molar refractivity (Wildman–Crippen MR) is 121 cm³/mol. The van der Waals surface area contributed by atoms with Crippen LogP contribution in [0.2, 0.25) is 20.1 Å². The molecule has 0 saturated carbocycles. The number of hydrogen-bond donors (Lipinski definition) is 1. The molecule has 0 spiro atoms. The first-order valence-corrected chi connectivity index (χ1v) is 11.6. The Morgan fingerprint density at radius 1 is 0.720 bits per heavy atom. The zero-order valence-electron chi connectivity index (χ0n) is 12.8. The van der Waals surface area contributed by atoms with Crippen molar-refractivity contribution >= 4 is 94.2 Å². The topological polar surface area (TPSA) is 29.5 Å². The molecule has 0 radical (unpaired) electrons. The standard InChI is InChI=1S/C8H7BrCl2O.C6H4Cl2O.C2H4Br2/c9-3-4-12-6-1-2-7(10)8(11)5-6;7-5-2-1-4(9)3-6(5)8;3-1-2-4/h1-2,5H,3-4H2;1-3,9H;1-2H2. The van der Waals surface area contributed by atoms with Gasteiger partial charge in [-0.3, -0.25) is 0 Å². The molecule has 0 aliphatic rings. The van der Waals surface area contributed by atoms with Gasteiger partial charge in [-0.15, -0.1) is 0 Å². The van der Waals surface area contributed by atoms with Crippen molar-refractivity contribution in [3.8, 4) is 11.5 Å². The van der Waals surface area contributed by atoms with Gasteiger partial charge < -0.3 is 9.84 Å². The summed E-state index contributed by atoms with van der Waals surface area (Å²) in [4.78, 5) is 0. The Hall–Kier alpha value is 0.640. The molecule has 2 aromatic carbocycles. The number of halogens is 7. The predicted octanol–water partition coefficient (Wildman–Crippen LogP) is 8.24. The summed E-state index contributed by atoms with van der Waals surface area (Å²) < 4.78 is 5.30. The smallest absolute Gasteiger partial charge is 0.120 e. The Bertz CT molecular complexity index is 628. The lowest BCUT2D eigenvalue weighted by Crippen LogP contribution is -1.97. The van der Waals surface area contributed by atoms with Crippen LogP contribution in [0.15, 0.2) is 36.4 Å². The van der Waals surface area contributed by atoms with E-state index >= 15 is 0 Å². The first kappa shape index (κ1) is 25.6. The number of ether oxygens (including phenoxy) is 1. The highest BCUT2D eigenvalue weighted by atomic mass is 79.9. The quantitative estimate of drug-likeness (QED) is 0.349. The van der Waals surface area contributed by atoms with Crippen molar-refractivity contribution in [3.05, 3.63) is 56.5 Å². The summed E-state index contributed by atoms with van der Waals surface area (Å²) >= 11 is 32.2. The van der Waals surface area contributed by atoms with Crippen molar-refractivity contribution in [1.29, 1.82) is 0 Å². The van der Waals surface area contributed by atoms with E-state index in [1.165, 1.54) is 12.1 Å². The summed E-state index contributed by atoms with van der Waals surface area (Å²) in [6.45, 7) is 0.623. The molecule has 0 unspecified atom stereocenters. The van der Waals surface area contributed by atoms with Gasteiger partial charge in [0, 0.05) is 22.1 Å². The van der Waals surface area contributed by atoms with Crippen LogP contribution >= 0.6 is 94.2 Å². The molecule has 0 fully saturated rings. The number of alkyl halides is 3. The van der Waals surface area contributed by atoms with E-state index in [4.69, 9.17) is 56.2 Å². The van der Waals surface area contributed by atoms with Gasteiger partial charge in [0.05, 0.1) is 26.7 Å². The number of hydrogen-bond acceptors (Lipinski definition) is 2. The second-order valence-electron chi connectivity index (χ2n) is 4.09. The van der Waals surface area contributed by atoms with Crippen molar-refractivity contribution in [2.24, 2.45) is 0 Å². The van der Waals surface area contributed by atoms with Gasteiger partial charge in [0.25, 0.3) is 0 Å². The third-order valence-electron chi connectivity index (χ3n) is 2.21. The lowest BCUT2D eigenvalue weighted by molar-refractivity contribution is 0.345. The van der Waals surface area contributed by atoms with Gasteiger partial charge in [-0.2, -0.15) is 0 Å². The lowest BCUT2D eigenvalue weighted by Gasteiger charge is -2.04. The summed E-state index contributed by atoms with van der Waals surface area (Å²) in [5, 5.41) is 13.6. The number of rotatable bonds is 4. The maximum absolute atomic E-state index is 8.79. The molecular formula is C16H15Br3Cl4O2. The van der Waals surface area contributed by atoms with E-state index in [0.717, 1.165) is 21.7 Å². The van der Waals surface area contributed by atoms with Gasteiger partial charge >= 0.3 is 0 Å². The third-order valence-corrected chi connectivity index (χ3v) is 5.87. The van der Waals surface area contributed by atoms with Crippen LogP contribution < -0.4 is 4.74 Å². The molecule has 0 aliphatic heterocycles. The van der Waals surface area contributed by atoms with Crippen LogP contribution in [0.1, 0.15) is 0 Å². The Labute approximate surface area is 193 Å². The van der Waals surface area contributed by atoms with Gasteiger partial charge in [0.2, 0.25) is 0 Å². The summed E-state index contributed by atoms with van der Waals surface area (Å²) in [6, 6.07) is 9.62. The second-order valence-corrected chi connectivity index (χ2v) is 8.10. The van der Waals surface area contributed by atoms with Gasteiger partial charge in [-0.25, -0.2) is 0 Å². The molecule has 0 saturated heterocycles. The molecule has 1 N–H and O–H groups in total. The fourth-order valence-corrected chi connectivity index (χ4v) is 1.95. The SMILES string of the molecule is BrCCBr.Clc1ccc(OCCBr)cc1Cl.Oc1ccc(Cl)c(Cl)c1. The van der Waals surface area contributed by atoms with E-state index in [2.05, 4.69) is 47.8 Å². The average molecular weight is 621 g/mol. The van der Waals surface area contributed by atoms with Crippen molar-refractivity contribution in [2.45, 2.75) is 0 Å². The van der Waals surface area contributed by atoms with E-state index < -0.39 is 0 Å². The van der Waals surface area contributed by atoms with Crippen LogP contribution in [0.4, 0.5) is 0 Å². The summed E-state index contributed by atoms with van der Waals surface area (Å²) in [6.07, 6.45) is 0. The fourth-order valence-electron chi connectivity index (χ4n) is 1.21. The van der Waals surface area contributed by atoms with Crippen molar-refractivity contribution < 1.29 is 9.84 Å². The first-order chi connectivity index (χ1) is 11.8. The van der Waals surface area contributed by atoms with Crippen LogP contribution in [0.25, 0.3) is 0 Å². The molecular weight excluding hydrogens is 606 g/mol. The van der Waals surface area contributed by atoms with Crippen LogP contribution in [0.5, 0.6) is 11.5 Å². The molecule has 9 heteroatoms. The number of phenolic OH excluding ortho intramolecular Hbond substituents is 1. The van der Waals surface area contributed by atoms with E-state index in [0.29, 0.717) is 26.7 Å². The zero-order chi connectivity index (χ0) is 19.2. The summed E-state index contributed by atoms with van der Waals surface area (Å²) in [7, 11) is 0. The summed E-state index contributed by atoms with van der Waals surface area (Å²) in [5.41, 5.74) is 0. The fraction of sp³-hybridized carbons (Fsp3) is 0.250. The molecule has 2 nitrogen and oxygen atoms in total. The van der Waals surface area contributed by atoms with Gasteiger partial charge in [-0.05, 0) is 30.3 Å². The van der Waals surface area contributed by atoms with Crippen LogP contribution in [0, 0.1) is 0 Å². The van der Waals surface area contributed by atoms with Gasteiger partial charge in [-0.1, -0.05) is 94.2 Å². The zero-order valence-corrected chi connectivity index (χ0v) is 20.6. The minimum atomic E-state index is 0.129. The Morgan fingerprint density at radius 2 is 1.24 bits per heavy atom. The highest BCUT2D eigenvalue weighted by Gasteiger charge is 1.99. The first-order valence-electron chi connectivity index (χ1n) is 6.75. The maximum atomic E-state index is 8.79. The molecule has 25 heavy (non-hydrogen) atoms. The monoisotopic (exact) mass is 616 g/mol. The minimum Gasteiger partial charge on any atom is -0.508 e. The molecule has 0 heterocycles. The molecule has 2 rings (SSSR count). The largest absolute Gasteiger partial charge is 0.508 e. The highest BCUT2D eigenvalue weighted by molar-refractivity contribution is 9.12. The van der Waals surface area contributed by atoms with E-state index in [-0.39, 0.29) is 5.75 Å². The Kier molecular flexibility index (Phi) is 16.1. The van der Waals surface area contributed by atoms with Gasteiger partial charge in [0.15, 0.2) is 0 Å². The molecule has 0 amide bonds. The van der Waals surface area contributed by atoms with E-state index in [1.54, 1.807) is 24.3 Å². The Balaban J connectivity index is 0.000000391. The number of phenols is 1. The second kappa shape index (κ2) is 15.7. The molecule has 0 aliphatic carbocycles. The number of benzene rings is 2. The van der Waals surface area contributed by atoms with Crippen molar-refractivity contribution in [3.63, 3.8) is 0 Å². The Morgan fingerprint density at radius 3 is 1.64 bits per heavy atom. The highest BCUT2D eigenvalue weighted by Crippen LogP contribution is 2.26.